The predicted octanol–water partition coefficient (Wildman–Crippen LogP) is 1.54. The van der Waals surface area contributed by atoms with E-state index in [1.165, 1.54) is 10.6 Å². The molecule has 1 saturated heterocycles. The van der Waals surface area contributed by atoms with Gasteiger partial charge >= 0.3 is 0 Å². The number of hydrogen-bond donors (Lipinski definition) is 0. The molecule has 2 aliphatic rings. The number of rotatable bonds is 4. The minimum absolute atomic E-state index is 0.00166. The van der Waals surface area contributed by atoms with Crippen LogP contribution in [0.5, 0.6) is 11.5 Å². The van der Waals surface area contributed by atoms with Gasteiger partial charge in [-0.1, -0.05) is 11.6 Å². The molecule has 0 saturated carbocycles. The van der Waals surface area contributed by atoms with Crippen LogP contribution in [-0.4, -0.2) is 69.2 Å². The predicted molar refractivity (Wildman–Crippen MR) is 98.4 cm³/mol. The van der Waals surface area contributed by atoms with Gasteiger partial charge in [-0.2, -0.15) is 0 Å². The Kier molecular flexibility index (Phi) is 5.64. The summed E-state index contributed by atoms with van der Waals surface area (Å²) >= 11 is 6.22. The maximum Gasteiger partial charge on any atom is 0.226 e. The topological polar surface area (TPSA) is 76.2 Å². The smallest absolute Gasteiger partial charge is 0.226 e. The summed E-state index contributed by atoms with van der Waals surface area (Å²) in [6.45, 7) is 2.01. The van der Waals surface area contributed by atoms with Crippen LogP contribution in [-0.2, 0) is 21.2 Å². The average molecular weight is 403 g/mol. The lowest BCUT2D eigenvalue weighted by atomic mass is 10.0. The minimum Gasteiger partial charge on any atom is -0.486 e. The summed E-state index contributed by atoms with van der Waals surface area (Å²) < 4.78 is 35.7. The summed E-state index contributed by atoms with van der Waals surface area (Å²) in [5.74, 6) is 1.09. The number of halogens is 1. The van der Waals surface area contributed by atoms with E-state index in [9.17, 15) is 13.2 Å². The van der Waals surface area contributed by atoms with E-state index in [-0.39, 0.29) is 18.4 Å². The van der Waals surface area contributed by atoms with Gasteiger partial charge in [0.25, 0.3) is 0 Å². The highest BCUT2D eigenvalue weighted by Crippen LogP contribution is 2.38. The number of sulfonamides is 1. The number of carbonyl (C=O) groups is 1. The fourth-order valence-electron chi connectivity index (χ4n) is 3.30. The second kappa shape index (κ2) is 7.62. The Morgan fingerprint density at radius 2 is 1.92 bits per heavy atom. The van der Waals surface area contributed by atoms with E-state index in [1.807, 2.05) is 0 Å². The first-order valence-electron chi connectivity index (χ1n) is 8.54. The molecule has 2 aliphatic heterocycles. The highest BCUT2D eigenvalue weighted by Gasteiger charge is 2.29. The van der Waals surface area contributed by atoms with Gasteiger partial charge in [-0.05, 0) is 30.5 Å². The quantitative estimate of drug-likeness (QED) is 0.763. The largest absolute Gasteiger partial charge is 0.486 e. The molecular formula is C17H23ClN2O5S. The number of likely N-dealkylation sites (tertiary alicyclic amines) is 1. The van der Waals surface area contributed by atoms with Crippen molar-refractivity contribution < 1.29 is 22.7 Å². The molecule has 1 amide bonds. The lowest BCUT2D eigenvalue weighted by Crippen LogP contribution is -2.47. The van der Waals surface area contributed by atoms with Crippen LogP contribution >= 0.6 is 11.6 Å². The van der Waals surface area contributed by atoms with Gasteiger partial charge < -0.3 is 14.4 Å². The van der Waals surface area contributed by atoms with Crippen molar-refractivity contribution in [2.75, 3.05) is 39.6 Å². The van der Waals surface area contributed by atoms with Crippen LogP contribution in [0.3, 0.4) is 0 Å². The standard InChI is InChI=1S/C17H23ClN2O5S/c1-19(26(2,22)23)13-3-5-20(6-4-13)16(21)11-12-9-14(18)17-15(10-12)24-7-8-25-17/h9-10,13H,3-8,11H2,1-2H3. The normalized spacial score (nSPS) is 18.2. The second-order valence-electron chi connectivity index (χ2n) is 6.67. The number of benzene rings is 1. The molecular weight excluding hydrogens is 380 g/mol. The summed E-state index contributed by atoms with van der Waals surface area (Å²) in [6.07, 6.45) is 2.70. The van der Waals surface area contributed by atoms with Crippen molar-refractivity contribution in [2.45, 2.75) is 25.3 Å². The van der Waals surface area contributed by atoms with E-state index in [0.717, 1.165) is 5.56 Å². The van der Waals surface area contributed by atoms with E-state index in [1.54, 1.807) is 24.1 Å². The molecule has 0 N–H and O–H groups in total. The van der Waals surface area contributed by atoms with Gasteiger partial charge in [0.05, 0.1) is 17.7 Å². The zero-order valence-corrected chi connectivity index (χ0v) is 16.5. The third kappa shape index (κ3) is 4.24. The number of amides is 1. The summed E-state index contributed by atoms with van der Waals surface area (Å²) in [7, 11) is -1.62. The van der Waals surface area contributed by atoms with E-state index in [2.05, 4.69) is 0 Å². The van der Waals surface area contributed by atoms with E-state index >= 15 is 0 Å². The molecule has 0 unspecified atom stereocenters. The fraction of sp³-hybridized carbons (Fsp3) is 0.588. The molecule has 0 radical (unpaired) electrons. The molecule has 9 heteroatoms. The average Bonchev–Trinajstić information content (AvgIpc) is 2.60. The molecule has 0 bridgehead atoms. The van der Waals surface area contributed by atoms with Gasteiger partial charge in [0, 0.05) is 26.2 Å². The minimum atomic E-state index is -3.21. The van der Waals surface area contributed by atoms with Crippen molar-refractivity contribution in [3.05, 3.63) is 22.7 Å². The maximum absolute atomic E-state index is 12.6. The number of ether oxygens (including phenoxy) is 2. The molecule has 0 atom stereocenters. The highest BCUT2D eigenvalue weighted by molar-refractivity contribution is 7.88. The van der Waals surface area contributed by atoms with Gasteiger partial charge in [0.2, 0.25) is 15.9 Å². The Balaban J connectivity index is 1.61. The molecule has 0 aliphatic carbocycles. The van der Waals surface area contributed by atoms with Crippen LogP contribution in [0.15, 0.2) is 12.1 Å². The van der Waals surface area contributed by atoms with E-state index in [4.69, 9.17) is 21.1 Å². The highest BCUT2D eigenvalue weighted by atomic mass is 35.5. The van der Waals surface area contributed by atoms with Gasteiger partial charge in [-0.15, -0.1) is 0 Å². The lowest BCUT2D eigenvalue weighted by Gasteiger charge is -2.35. The summed E-state index contributed by atoms with van der Waals surface area (Å²) in [4.78, 5) is 14.4. The first kappa shape index (κ1) is 19.3. The Morgan fingerprint density at radius 3 is 2.58 bits per heavy atom. The molecule has 144 valence electrons. The van der Waals surface area contributed by atoms with Crippen molar-refractivity contribution in [2.24, 2.45) is 0 Å². The number of carbonyl (C=O) groups excluding carboxylic acids is 1. The van der Waals surface area contributed by atoms with Crippen LogP contribution < -0.4 is 9.47 Å². The molecule has 1 aromatic carbocycles. The zero-order chi connectivity index (χ0) is 18.9. The van der Waals surface area contributed by atoms with Crippen LogP contribution in [0.1, 0.15) is 18.4 Å². The van der Waals surface area contributed by atoms with Crippen LogP contribution in [0, 0.1) is 0 Å². The Morgan fingerprint density at radius 1 is 1.27 bits per heavy atom. The van der Waals surface area contributed by atoms with E-state index in [0.29, 0.717) is 55.7 Å². The van der Waals surface area contributed by atoms with Gasteiger partial charge in [-0.25, -0.2) is 12.7 Å². The molecule has 1 aromatic rings. The fourth-order valence-corrected chi connectivity index (χ4v) is 4.34. The summed E-state index contributed by atoms with van der Waals surface area (Å²) in [5.41, 5.74) is 0.777. The Bertz CT molecular complexity index is 791. The Hall–Kier alpha value is -1.51. The van der Waals surface area contributed by atoms with Crippen molar-refractivity contribution >= 4 is 27.5 Å². The lowest BCUT2D eigenvalue weighted by molar-refractivity contribution is -0.131. The SMILES string of the molecule is CN(C1CCN(C(=O)Cc2cc(Cl)c3c(c2)OCCO3)CC1)S(C)(=O)=O. The number of fused-ring (bicyclic) bond motifs is 1. The van der Waals surface area contributed by atoms with Crippen LogP contribution in [0.25, 0.3) is 0 Å². The van der Waals surface area contributed by atoms with Crippen molar-refractivity contribution in [1.82, 2.24) is 9.21 Å². The van der Waals surface area contributed by atoms with Crippen molar-refractivity contribution in [3.63, 3.8) is 0 Å². The molecule has 7 nitrogen and oxygen atoms in total. The third-order valence-electron chi connectivity index (χ3n) is 4.87. The first-order valence-corrected chi connectivity index (χ1v) is 10.8. The molecule has 2 heterocycles. The zero-order valence-electron chi connectivity index (χ0n) is 14.9. The third-order valence-corrected chi connectivity index (χ3v) is 6.49. The summed E-state index contributed by atoms with van der Waals surface area (Å²) in [5, 5.41) is 0.443. The van der Waals surface area contributed by atoms with Crippen molar-refractivity contribution in [1.29, 1.82) is 0 Å². The molecule has 1 fully saturated rings. The van der Waals surface area contributed by atoms with E-state index < -0.39 is 10.0 Å². The second-order valence-corrected chi connectivity index (χ2v) is 9.12. The Labute approximate surface area is 158 Å². The van der Waals surface area contributed by atoms with Crippen LogP contribution in [0.4, 0.5) is 0 Å². The molecule has 0 aromatic heterocycles. The van der Waals surface area contributed by atoms with Gasteiger partial charge in [0.15, 0.2) is 11.5 Å². The van der Waals surface area contributed by atoms with Gasteiger partial charge in [-0.3, -0.25) is 4.79 Å². The monoisotopic (exact) mass is 402 g/mol. The van der Waals surface area contributed by atoms with Gasteiger partial charge in [0.1, 0.15) is 13.2 Å². The van der Waals surface area contributed by atoms with Crippen LogP contribution in [0.2, 0.25) is 5.02 Å². The number of nitrogens with zero attached hydrogens (tertiary/aromatic N) is 2. The molecule has 3 rings (SSSR count). The summed E-state index contributed by atoms with van der Waals surface area (Å²) in [6, 6.07) is 3.47. The van der Waals surface area contributed by atoms with Crippen molar-refractivity contribution in [3.8, 4) is 11.5 Å². The molecule has 26 heavy (non-hydrogen) atoms. The molecule has 0 spiro atoms. The number of piperidine rings is 1. The maximum atomic E-state index is 12.6. The first-order chi connectivity index (χ1) is 12.3. The number of hydrogen-bond acceptors (Lipinski definition) is 5.